The predicted octanol–water partition coefficient (Wildman–Crippen LogP) is 7.13. The third-order valence-electron chi connectivity index (χ3n) is 12.2. The molecule has 0 saturated heterocycles. The number of carbonyl (C=O) groups excluding carboxylic acids is 2. The molecule has 1 aromatic heterocycles. The Morgan fingerprint density at radius 3 is 2.87 bits per heavy atom. The van der Waals surface area contributed by atoms with E-state index in [2.05, 4.69) is 38.3 Å². The largest absolute Gasteiger partial charge is 0.490 e. The molecule has 53 heavy (non-hydrogen) atoms. The fourth-order valence-corrected chi connectivity index (χ4v) is 11.3. The number of allylic oxidation sites excluding steroid dienone is 1. The number of carbonyl (C=O) groups is 2. The van der Waals surface area contributed by atoms with E-state index >= 15 is 0 Å². The molecule has 2 bridgehead atoms. The summed E-state index contributed by atoms with van der Waals surface area (Å²) in [6.45, 7) is 5.64. The van der Waals surface area contributed by atoms with Crippen LogP contribution in [-0.2, 0) is 44.4 Å². The monoisotopic (exact) mass is 760 g/mol. The standard InChI is InChI=1S/C41H49ClN4O6S/c1-3-27-6-4-8-37(50-2)34-12-9-30(34)21-46-25-41(15-5-7-28-18-32(42)11-13-35(28)41)26-52-38-14-10-29(20-36(38)46)39(47)43-53(49,24-27)44-40(48)31-19-33-23-51-17-16-45(33)22-31/h4,8,10-11,13-14,18-20,22,27,30,34,37H,3,5-7,9,12,15-17,21,23-26H2,1-2H3,(H,43,44,47,48,49)/b8-4+/t27-,30-,34+,37-,41-,53-/m0/s1. The van der Waals surface area contributed by atoms with Crippen LogP contribution in [-0.4, -0.2) is 65.9 Å². The van der Waals surface area contributed by atoms with Gasteiger partial charge in [-0.25, -0.2) is 4.21 Å². The topological polar surface area (TPSA) is 111 Å². The van der Waals surface area contributed by atoms with Crippen LogP contribution < -0.4 is 14.4 Å². The Morgan fingerprint density at radius 1 is 1.19 bits per heavy atom. The van der Waals surface area contributed by atoms with Crippen molar-refractivity contribution in [2.45, 2.75) is 76.5 Å². The summed E-state index contributed by atoms with van der Waals surface area (Å²) < 4.78 is 42.2. The van der Waals surface area contributed by atoms with Crippen LogP contribution in [0.2, 0.25) is 5.02 Å². The first-order valence-electron chi connectivity index (χ1n) is 19.0. The van der Waals surface area contributed by atoms with E-state index in [4.69, 9.17) is 25.8 Å². The lowest BCUT2D eigenvalue weighted by Gasteiger charge is -2.46. The maximum absolute atomic E-state index is 14.8. The van der Waals surface area contributed by atoms with Crippen LogP contribution in [0.3, 0.4) is 0 Å². The number of amides is 2. The van der Waals surface area contributed by atoms with Gasteiger partial charge in [0.1, 0.15) is 15.7 Å². The second-order valence-corrected chi connectivity index (χ2v) is 18.0. The maximum atomic E-state index is 14.8. The van der Waals surface area contributed by atoms with Gasteiger partial charge in [0.15, 0.2) is 0 Å². The lowest BCUT2D eigenvalue weighted by atomic mass is 9.68. The Morgan fingerprint density at radius 2 is 2.08 bits per heavy atom. The zero-order chi connectivity index (χ0) is 36.7. The van der Waals surface area contributed by atoms with Crippen molar-refractivity contribution in [1.29, 1.82) is 0 Å². The summed E-state index contributed by atoms with van der Waals surface area (Å²) in [5.41, 5.74) is 4.67. The van der Waals surface area contributed by atoms with Gasteiger partial charge in [0.2, 0.25) is 0 Å². The molecule has 8 rings (SSSR count). The highest BCUT2D eigenvalue weighted by Gasteiger charge is 2.44. The molecular formula is C41H49ClN4O6S. The van der Waals surface area contributed by atoms with Crippen molar-refractivity contribution in [3.8, 4) is 5.75 Å². The molecule has 4 heterocycles. The van der Waals surface area contributed by atoms with Gasteiger partial charge in [-0.2, -0.15) is 0 Å². The molecule has 10 nitrogen and oxygen atoms in total. The normalized spacial score (nSPS) is 30.4. The van der Waals surface area contributed by atoms with E-state index in [1.807, 2.05) is 29.7 Å². The molecule has 0 unspecified atom stereocenters. The molecule has 3 aromatic rings. The maximum Gasteiger partial charge on any atom is 0.286 e. The Hall–Kier alpha value is -3.64. The highest BCUT2D eigenvalue weighted by molar-refractivity contribution is 7.92. The van der Waals surface area contributed by atoms with Gasteiger partial charge in [0, 0.05) is 54.6 Å². The number of ether oxygens (including phenoxy) is 3. The van der Waals surface area contributed by atoms with Gasteiger partial charge in [0.25, 0.3) is 11.8 Å². The van der Waals surface area contributed by atoms with E-state index in [1.54, 1.807) is 25.4 Å². The highest BCUT2D eigenvalue weighted by atomic mass is 35.5. The van der Waals surface area contributed by atoms with Crippen molar-refractivity contribution in [2.24, 2.45) is 22.1 Å². The second kappa shape index (κ2) is 14.9. The number of halogens is 1. The predicted molar refractivity (Wildman–Crippen MR) is 206 cm³/mol. The minimum Gasteiger partial charge on any atom is -0.490 e. The summed E-state index contributed by atoms with van der Waals surface area (Å²) in [6, 6.07) is 13.4. The smallest absolute Gasteiger partial charge is 0.286 e. The molecule has 2 aliphatic carbocycles. The number of benzene rings is 2. The molecule has 12 heteroatoms. The molecule has 1 saturated carbocycles. The number of nitrogens with zero attached hydrogens (tertiary/aromatic N) is 3. The van der Waals surface area contributed by atoms with Gasteiger partial charge in [-0.3, -0.25) is 14.3 Å². The zero-order valence-electron chi connectivity index (χ0n) is 30.6. The number of anilines is 1. The van der Waals surface area contributed by atoms with Gasteiger partial charge in [-0.15, -0.1) is 4.36 Å². The fourth-order valence-electron chi connectivity index (χ4n) is 9.10. The summed E-state index contributed by atoms with van der Waals surface area (Å²) in [4.78, 5) is 30.2. The fraction of sp³-hybridized carbons (Fsp3) is 0.512. The summed E-state index contributed by atoms with van der Waals surface area (Å²) in [5.74, 6) is 0.239. The molecule has 2 aromatic carbocycles. The van der Waals surface area contributed by atoms with Crippen molar-refractivity contribution in [3.05, 3.63) is 93.8 Å². The Kier molecular flexibility index (Phi) is 10.2. The summed E-state index contributed by atoms with van der Waals surface area (Å²) in [6.07, 6.45) is 12.4. The summed E-state index contributed by atoms with van der Waals surface area (Å²) in [5, 5.41) is 0.743. The molecule has 0 radical (unpaired) electrons. The number of hydrogen-bond acceptors (Lipinski definition) is 7. The summed E-state index contributed by atoms with van der Waals surface area (Å²) in [7, 11) is -1.76. The first kappa shape index (κ1) is 36.3. The van der Waals surface area contributed by atoms with Crippen molar-refractivity contribution in [1.82, 2.24) is 9.29 Å². The zero-order valence-corrected chi connectivity index (χ0v) is 32.1. The Bertz CT molecular complexity index is 2030. The quantitative estimate of drug-likeness (QED) is 0.282. The Labute approximate surface area is 317 Å². The lowest BCUT2D eigenvalue weighted by molar-refractivity contribution is 0.0131. The van der Waals surface area contributed by atoms with Gasteiger partial charge in [-0.1, -0.05) is 43.2 Å². The van der Waals surface area contributed by atoms with Crippen molar-refractivity contribution < 1.29 is 28.0 Å². The van der Waals surface area contributed by atoms with Crippen LogP contribution in [0.4, 0.5) is 5.69 Å². The van der Waals surface area contributed by atoms with Crippen LogP contribution >= 0.6 is 11.6 Å². The molecular weight excluding hydrogens is 712 g/mol. The van der Waals surface area contributed by atoms with E-state index in [0.717, 1.165) is 61.6 Å². The van der Waals surface area contributed by atoms with Crippen molar-refractivity contribution in [3.63, 3.8) is 0 Å². The van der Waals surface area contributed by atoms with E-state index in [0.29, 0.717) is 67.9 Å². The molecule has 2 amide bonds. The number of nitrogens with one attached hydrogen (secondary N) is 1. The van der Waals surface area contributed by atoms with Gasteiger partial charge < -0.3 is 23.7 Å². The van der Waals surface area contributed by atoms with Gasteiger partial charge >= 0.3 is 0 Å². The van der Waals surface area contributed by atoms with E-state index < -0.39 is 21.7 Å². The number of methoxy groups -OCH3 is 1. The number of aromatic nitrogens is 1. The van der Waals surface area contributed by atoms with Gasteiger partial charge in [-0.05, 0) is 104 Å². The van der Waals surface area contributed by atoms with E-state index in [-0.39, 0.29) is 23.2 Å². The van der Waals surface area contributed by atoms with Gasteiger partial charge in [0.05, 0.1) is 42.9 Å². The van der Waals surface area contributed by atoms with Crippen LogP contribution in [0.15, 0.2) is 65.2 Å². The van der Waals surface area contributed by atoms with Crippen LogP contribution in [0.1, 0.15) is 83.0 Å². The first-order valence-corrected chi connectivity index (χ1v) is 21.1. The van der Waals surface area contributed by atoms with Crippen LogP contribution in [0, 0.1) is 17.8 Å². The van der Waals surface area contributed by atoms with Crippen molar-refractivity contribution >= 4 is 39.0 Å². The first-order chi connectivity index (χ1) is 25.7. The third kappa shape index (κ3) is 7.30. The number of fused-ring (bicyclic) bond motifs is 5. The molecule has 3 aliphatic heterocycles. The Balaban J connectivity index is 1.19. The minimum absolute atomic E-state index is 0.0395. The number of hydrogen-bond donors (Lipinski definition) is 1. The van der Waals surface area contributed by atoms with E-state index in [9.17, 15) is 13.8 Å². The molecule has 1 N–H and O–H groups in total. The van der Waals surface area contributed by atoms with Crippen LogP contribution in [0.5, 0.6) is 5.75 Å². The lowest BCUT2D eigenvalue weighted by Crippen LogP contribution is -2.49. The molecule has 1 fully saturated rings. The summed E-state index contributed by atoms with van der Waals surface area (Å²) >= 11 is 6.47. The molecule has 6 atom stereocenters. The van der Waals surface area contributed by atoms with Crippen molar-refractivity contribution in [2.75, 3.05) is 44.1 Å². The SMILES string of the molecule is CC[C@H]1C/C=C/[C@H](OC)[C@@H]2CC[C@H]2CN2C[C@@]3(CCCc4cc(Cl)ccc43)COc3ccc(cc32)C(=O)N=[S@](=O)(NC(=O)c2cc3n(c2)CCOC3)C1. The molecule has 282 valence electrons. The van der Waals surface area contributed by atoms with E-state index in [1.165, 1.54) is 11.1 Å². The average molecular weight is 761 g/mol. The number of aryl methyl sites for hydroxylation is 1. The molecule has 5 aliphatic rings. The third-order valence-corrected chi connectivity index (χ3v) is 14.3. The highest BCUT2D eigenvalue weighted by Crippen LogP contribution is 2.47. The van der Waals surface area contributed by atoms with Crippen LogP contribution in [0.25, 0.3) is 0 Å². The number of rotatable bonds is 4. The minimum atomic E-state index is -3.54. The molecule has 1 spiro atoms. The second-order valence-electron chi connectivity index (χ2n) is 15.5. The average Bonchev–Trinajstić information content (AvgIpc) is 3.52.